The fourth-order valence-corrected chi connectivity index (χ4v) is 5.28. The lowest BCUT2D eigenvalue weighted by Gasteiger charge is -2.39. The number of benzene rings is 3. The summed E-state index contributed by atoms with van der Waals surface area (Å²) in [5.41, 5.74) is 1.49. The standard InChI is InChI=1S/C28H27FN2O3/c29-24-9-7-20(8-10-24)28(31-26(33)11-12-27(31)34)21-13-15-30(16-14-21)18-25(32)23-6-5-19-3-1-2-4-22(19)17-23/h1-10,17,21,28H,11-16,18H2. The van der Waals surface area contributed by atoms with Gasteiger partial charge in [0.1, 0.15) is 5.82 Å². The normalized spacial score (nSPS) is 18.6. The van der Waals surface area contributed by atoms with Crippen molar-refractivity contribution in [2.24, 2.45) is 5.92 Å². The first-order valence-electron chi connectivity index (χ1n) is 11.8. The number of rotatable bonds is 6. The van der Waals surface area contributed by atoms with Gasteiger partial charge in [0.2, 0.25) is 11.8 Å². The second-order valence-electron chi connectivity index (χ2n) is 9.25. The van der Waals surface area contributed by atoms with E-state index in [0.29, 0.717) is 25.2 Å². The third-order valence-electron chi connectivity index (χ3n) is 7.10. The number of ketones is 1. The Morgan fingerprint density at radius 3 is 2.21 bits per heavy atom. The minimum Gasteiger partial charge on any atom is -0.296 e. The number of Topliss-reactive ketones (excluding diaryl/α,β-unsaturated/α-hetero) is 1. The van der Waals surface area contributed by atoms with Crippen LogP contribution in [0.3, 0.4) is 0 Å². The maximum absolute atomic E-state index is 13.5. The first-order chi connectivity index (χ1) is 16.5. The molecule has 34 heavy (non-hydrogen) atoms. The van der Waals surface area contributed by atoms with Crippen LogP contribution in [0.25, 0.3) is 10.8 Å². The molecule has 2 saturated heterocycles. The second-order valence-corrected chi connectivity index (χ2v) is 9.25. The first-order valence-corrected chi connectivity index (χ1v) is 11.8. The monoisotopic (exact) mass is 458 g/mol. The van der Waals surface area contributed by atoms with E-state index in [4.69, 9.17) is 0 Å². The Kier molecular flexibility index (Phi) is 6.24. The van der Waals surface area contributed by atoms with Crippen molar-refractivity contribution in [1.29, 1.82) is 0 Å². The summed E-state index contributed by atoms with van der Waals surface area (Å²) in [6.45, 7) is 1.75. The van der Waals surface area contributed by atoms with Crippen molar-refractivity contribution in [3.63, 3.8) is 0 Å². The van der Waals surface area contributed by atoms with Crippen molar-refractivity contribution in [2.45, 2.75) is 31.7 Å². The molecule has 2 heterocycles. The fraction of sp³-hybridized carbons (Fsp3) is 0.321. The number of carbonyl (C=O) groups is 3. The molecule has 0 saturated carbocycles. The van der Waals surface area contributed by atoms with E-state index in [-0.39, 0.29) is 48.2 Å². The fourth-order valence-electron chi connectivity index (χ4n) is 5.28. The molecule has 0 N–H and O–H groups in total. The zero-order chi connectivity index (χ0) is 23.7. The predicted octanol–water partition coefficient (Wildman–Crippen LogP) is 4.76. The van der Waals surface area contributed by atoms with Gasteiger partial charge in [-0.2, -0.15) is 0 Å². The summed E-state index contributed by atoms with van der Waals surface area (Å²) >= 11 is 0. The number of fused-ring (bicyclic) bond motifs is 1. The van der Waals surface area contributed by atoms with Gasteiger partial charge in [0.05, 0.1) is 12.6 Å². The van der Waals surface area contributed by atoms with E-state index in [2.05, 4.69) is 4.90 Å². The van der Waals surface area contributed by atoms with Gasteiger partial charge in [-0.05, 0) is 66.4 Å². The van der Waals surface area contributed by atoms with Crippen molar-refractivity contribution < 1.29 is 18.8 Å². The number of amides is 2. The van der Waals surface area contributed by atoms with Crippen LogP contribution in [-0.4, -0.2) is 47.0 Å². The highest BCUT2D eigenvalue weighted by Crippen LogP contribution is 2.38. The summed E-state index contributed by atoms with van der Waals surface area (Å²) < 4.78 is 13.5. The summed E-state index contributed by atoms with van der Waals surface area (Å²) in [5.74, 6) is -0.502. The predicted molar refractivity (Wildman–Crippen MR) is 128 cm³/mol. The third kappa shape index (κ3) is 4.50. The summed E-state index contributed by atoms with van der Waals surface area (Å²) in [6.07, 6.45) is 1.97. The second kappa shape index (κ2) is 9.47. The molecule has 0 spiro atoms. The summed E-state index contributed by atoms with van der Waals surface area (Å²) in [5, 5.41) is 2.16. The highest BCUT2D eigenvalue weighted by atomic mass is 19.1. The molecule has 6 heteroatoms. The third-order valence-corrected chi connectivity index (χ3v) is 7.10. The van der Waals surface area contributed by atoms with Crippen LogP contribution in [0.1, 0.15) is 47.6 Å². The quantitative estimate of drug-likeness (QED) is 0.395. The highest BCUT2D eigenvalue weighted by Gasteiger charge is 2.40. The van der Waals surface area contributed by atoms with Gasteiger partial charge >= 0.3 is 0 Å². The van der Waals surface area contributed by atoms with Gasteiger partial charge in [0.15, 0.2) is 5.78 Å². The van der Waals surface area contributed by atoms with Gasteiger partial charge in [-0.1, -0.05) is 48.5 Å². The lowest BCUT2D eigenvalue weighted by atomic mass is 9.84. The lowest BCUT2D eigenvalue weighted by Crippen LogP contribution is -2.44. The van der Waals surface area contributed by atoms with E-state index in [1.54, 1.807) is 12.1 Å². The summed E-state index contributed by atoms with van der Waals surface area (Å²) in [7, 11) is 0. The molecule has 0 radical (unpaired) electrons. The number of nitrogens with zero attached hydrogens (tertiary/aromatic N) is 2. The number of hydrogen-bond acceptors (Lipinski definition) is 4. The molecule has 0 bridgehead atoms. The van der Waals surface area contributed by atoms with Crippen LogP contribution in [0.4, 0.5) is 4.39 Å². The van der Waals surface area contributed by atoms with E-state index in [1.807, 2.05) is 42.5 Å². The molecule has 1 unspecified atom stereocenters. The molecule has 5 nitrogen and oxygen atoms in total. The maximum Gasteiger partial charge on any atom is 0.230 e. The van der Waals surface area contributed by atoms with Crippen LogP contribution >= 0.6 is 0 Å². The van der Waals surface area contributed by atoms with Crippen molar-refractivity contribution in [1.82, 2.24) is 9.80 Å². The molecule has 2 aliphatic rings. The number of carbonyl (C=O) groups excluding carboxylic acids is 3. The van der Waals surface area contributed by atoms with E-state index in [0.717, 1.165) is 29.2 Å². The summed E-state index contributed by atoms with van der Waals surface area (Å²) in [4.78, 5) is 41.6. The van der Waals surface area contributed by atoms with Crippen molar-refractivity contribution >= 4 is 28.4 Å². The van der Waals surface area contributed by atoms with Crippen LogP contribution in [0.2, 0.25) is 0 Å². The van der Waals surface area contributed by atoms with Gasteiger partial charge in [0.25, 0.3) is 0 Å². The summed E-state index contributed by atoms with van der Waals surface area (Å²) in [6, 6.07) is 19.5. The largest absolute Gasteiger partial charge is 0.296 e. The lowest BCUT2D eigenvalue weighted by molar-refractivity contribution is -0.143. The first kappa shape index (κ1) is 22.4. The molecule has 1 atom stereocenters. The van der Waals surface area contributed by atoms with E-state index < -0.39 is 0 Å². The van der Waals surface area contributed by atoms with Crippen molar-refractivity contribution in [3.8, 4) is 0 Å². The van der Waals surface area contributed by atoms with Crippen molar-refractivity contribution in [2.75, 3.05) is 19.6 Å². The minimum atomic E-state index is -0.388. The molecule has 2 amide bonds. The molecule has 5 rings (SSSR count). The molecule has 2 aliphatic heterocycles. The van der Waals surface area contributed by atoms with Gasteiger partial charge in [0, 0.05) is 18.4 Å². The molecule has 174 valence electrons. The highest BCUT2D eigenvalue weighted by molar-refractivity contribution is 6.02. The Balaban J connectivity index is 1.28. The van der Waals surface area contributed by atoms with Crippen LogP contribution in [0, 0.1) is 11.7 Å². The van der Waals surface area contributed by atoms with Gasteiger partial charge < -0.3 is 0 Å². The topological polar surface area (TPSA) is 57.7 Å². The maximum atomic E-state index is 13.5. The van der Waals surface area contributed by atoms with Crippen LogP contribution < -0.4 is 0 Å². The number of hydrogen-bond donors (Lipinski definition) is 0. The Morgan fingerprint density at radius 1 is 0.882 bits per heavy atom. The Morgan fingerprint density at radius 2 is 1.53 bits per heavy atom. The Labute approximate surface area is 198 Å². The average molecular weight is 459 g/mol. The number of likely N-dealkylation sites (tertiary alicyclic amines) is 2. The van der Waals surface area contributed by atoms with Crippen LogP contribution in [-0.2, 0) is 9.59 Å². The molecule has 3 aromatic carbocycles. The molecular weight excluding hydrogens is 431 g/mol. The van der Waals surface area contributed by atoms with E-state index in [9.17, 15) is 18.8 Å². The molecule has 3 aromatic rings. The Hall–Kier alpha value is -3.38. The Bertz CT molecular complexity index is 1220. The number of imide groups is 1. The number of halogens is 1. The molecule has 0 aliphatic carbocycles. The van der Waals surface area contributed by atoms with E-state index >= 15 is 0 Å². The SMILES string of the molecule is O=C(CN1CCC(C(c2ccc(F)cc2)N2C(=O)CCC2=O)CC1)c1ccc2ccccc2c1. The average Bonchev–Trinajstić information content (AvgIpc) is 3.19. The molecule has 2 fully saturated rings. The van der Waals surface area contributed by atoms with E-state index in [1.165, 1.54) is 17.0 Å². The van der Waals surface area contributed by atoms with Gasteiger partial charge in [-0.25, -0.2) is 4.39 Å². The minimum absolute atomic E-state index is 0.0727. The van der Waals surface area contributed by atoms with Crippen LogP contribution in [0.15, 0.2) is 66.7 Å². The molecule has 0 aromatic heterocycles. The zero-order valence-electron chi connectivity index (χ0n) is 19.0. The smallest absolute Gasteiger partial charge is 0.230 e. The van der Waals surface area contributed by atoms with Crippen LogP contribution in [0.5, 0.6) is 0 Å². The van der Waals surface area contributed by atoms with Gasteiger partial charge in [-0.15, -0.1) is 0 Å². The zero-order valence-corrected chi connectivity index (χ0v) is 19.0. The molecular formula is C28H27FN2O3. The van der Waals surface area contributed by atoms with Crippen molar-refractivity contribution in [3.05, 3.63) is 83.7 Å². The number of piperidine rings is 1. The van der Waals surface area contributed by atoms with Gasteiger partial charge in [-0.3, -0.25) is 24.2 Å².